The highest BCUT2D eigenvalue weighted by atomic mass is 127. The molecule has 1 aromatic heterocycles. The fourth-order valence-electron chi connectivity index (χ4n) is 4.15. The van der Waals surface area contributed by atoms with Crippen LogP contribution < -0.4 is 4.74 Å². The second kappa shape index (κ2) is 8.81. The molecule has 1 atom stereocenters. The summed E-state index contributed by atoms with van der Waals surface area (Å²) in [6.07, 6.45) is 5.60. The Bertz CT molecular complexity index is 827. The van der Waals surface area contributed by atoms with Crippen LogP contribution in [0.3, 0.4) is 0 Å². The van der Waals surface area contributed by atoms with Crippen LogP contribution in [0.4, 0.5) is 0 Å². The Morgan fingerprint density at radius 1 is 1.32 bits per heavy atom. The van der Waals surface area contributed by atoms with Gasteiger partial charge in [-0.05, 0) is 52.7 Å². The highest BCUT2D eigenvalue weighted by Gasteiger charge is 2.42. The van der Waals surface area contributed by atoms with E-state index >= 15 is 0 Å². The molecular weight excluding hydrogens is 539 g/mol. The first-order valence-electron chi connectivity index (χ1n) is 9.46. The number of hydrogen-bond donors (Lipinski definition) is 1. The maximum absolute atomic E-state index is 12.8. The summed E-state index contributed by atoms with van der Waals surface area (Å²) in [5.41, 5.74) is 1.37. The van der Waals surface area contributed by atoms with Crippen LogP contribution in [-0.4, -0.2) is 39.6 Å². The third kappa shape index (κ3) is 4.15. The molecule has 0 amide bonds. The van der Waals surface area contributed by atoms with Crippen molar-refractivity contribution in [3.8, 4) is 5.75 Å². The van der Waals surface area contributed by atoms with E-state index in [2.05, 4.69) is 48.7 Å². The van der Waals surface area contributed by atoms with Gasteiger partial charge in [-0.3, -0.25) is 5.10 Å². The topological polar surface area (TPSA) is 73.4 Å². The number of benzene rings is 1. The summed E-state index contributed by atoms with van der Waals surface area (Å²) in [6, 6.07) is 7.31. The van der Waals surface area contributed by atoms with Crippen molar-refractivity contribution in [2.75, 3.05) is 17.6 Å². The Morgan fingerprint density at radius 3 is 2.71 bits per heavy atom. The Kier molecular flexibility index (Phi) is 6.39. The first-order valence-corrected chi connectivity index (χ1v) is 11.8. The van der Waals surface area contributed by atoms with Gasteiger partial charge in [-0.1, -0.05) is 34.7 Å². The van der Waals surface area contributed by atoms with Crippen molar-refractivity contribution >= 4 is 44.5 Å². The monoisotopic (exact) mass is 560 g/mol. The van der Waals surface area contributed by atoms with Gasteiger partial charge in [-0.2, -0.15) is 5.10 Å². The van der Waals surface area contributed by atoms with Gasteiger partial charge in [0.2, 0.25) is 0 Å². The molecule has 1 unspecified atom stereocenters. The summed E-state index contributed by atoms with van der Waals surface area (Å²) in [7, 11) is 0. The molecule has 0 bridgehead atoms. The van der Waals surface area contributed by atoms with Crippen molar-refractivity contribution in [2.24, 2.45) is 5.92 Å². The maximum Gasteiger partial charge on any atom is 0.362 e. The summed E-state index contributed by atoms with van der Waals surface area (Å²) >= 11 is 5.81. The molecule has 1 saturated heterocycles. The molecule has 2 aromatic rings. The minimum Gasteiger partial charge on any atom is -0.421 e. The normalized spacial score (nSPS) is 20.4. The highest BCUT2D eigenvalue weighted by Crippen LogP contribution is 2.44. The van der Waals surface area contributed by atoms with E-state index in [1.54, 1.807) is 12.3 Å². The number of carbonyl (C=O) groups excluding carboxylic acids is 1. The van der Waals surface area contributed by atoms with Crippen molar-refractivity contribution in [3.63, 3.8) is 0 Å². The van der Waals surface area contributed by atoms with Crippen LogP contribution in [0.15, 0.2) is 34.9 Å². The second-order valence-corrected chi connectivity index (χ2v) is 8.96. The molecule has 4 rings (SSSR count). The van der Waals surface area contributed by atoms with Crippen molar-refractivity contribution < 1.29 is 19.0 Å². The third-order valence-corrected chi connectivity index (χ3v) is 7.26. The molecule has 1 N–H and O–H groups in total. The molecule has 1 spiro atoms. The summed E-state index contributed by atoms with van der Waals surface area (Å²) < 4.78 is 18.9. The number of halogens is 2. The van der Waals surface area contributed by atoms with E-state index in [1.165, 1.54) is 0 Å². The number of hydrogen-bond acceptors (Lipinski definition) is 5. The van der Waals surface area contributed by atoms with Crippen molar-refractivity contribution in [1.82, 2.24) is 10.2 Å². The molecule has 28 heavy (non-hydrogen) atoms. The molecule has 1 aliphatic carbocycles. The molecule has 1 saturated carbocycles. The Morgan fingerprint density at radius 2 is 2.04 bits per heavy atom. The van der Waals surface area contributed by atoms with Crippen molar-refractivity contribution in [3.05, 3.63) is 46.2 Å². The number of aromatic amines is 1. The van der Waals surface area contributed by atoms with Crippen LogP contribution in [0.25, 0.3) is 0 Å². The average Bonchev–Trinajstić information content (AvgIpc) is 3.36. The Labute approximate surface area is 186 Å². The number of para-hydroxylation sites is 1. The summed E-state index contributed by atoms with van der Waals surface area (Å²) in [5, 5.41) is 7.01. The number of nitrogens with one attached hydrogen (secondary N) is 1. The molecule has 6 nitrogen and oxygen atoms in total. The van der Waals surface area contributed by atoms with Crippen LogP contribution in [0.1, 0.15) is 47.7 Å². The lowest BCUT2D eigenvalue weighted by molar-refractivity contribution is -0.183. The van der Waals surface area contributed by atoms with E-state index in [0.29, 0.717) is 30.6 Å². The van der Waals surface area contributed by atoms with E-state index in [4.69, 9.17) is 14.2 Å². The Balaban J connectivity index is 1.49. The first-order chi connectivity index (χ1) is 13.6. The number of aromatic nitrogens is 2. The van der Waals surface area contributed by atoms with Gasteiger partial charge in [0.05, 0.1) is 23.9 Å². The van der Waals surface area contributed by atoms with E-state index < -0.39 is 5.97 Å². The van der Waals surface area contributed by atoms with Gasteiger partial charge in [-0.25, -0.2) is 4.79 Å². The summed E-state index contributed by atoms with van der Waals surface area (Å²) in [6.45, 7) is 1.38. The minimum absolute atomic E-state index is 0.236. The van der Waals surface area contributed by atoms with E-state index in [-0.39, 0.29) is 11.7 Å². The SMILES string of the molecule is O=C(Oc1ccccc1Br)c1[nH]ncc1C(CI)C1CCC2(CC1)OCCO2. The zero-order valence-corrected chi connectivity index (χ0v) is 19.1. The average molecular weight is 561 g/mol. The minimum atomic E-state index is -0.413. The van der Waals surface area contributed by atoms with E-state index in [9.17, 15) is 4.79 Å². The number of ether oxygens (including phenoxy) is 3. The predicted molar refractivity (Wildman–Crippen MR) is 116 cm³/mol. The van der Waals surface area contributed by atoms with Gasteiger partial charge in [0.15, 0.2) is 5.79 Å². The molecule has 1 aliphatic heterocycles. The first kappa shape index (κ1) is 20.3. The van der Waals surface area contributed by atoms with Crippen LogP contribution in [0.5, 0.6) is 5.75 Å². The van der Waals surface area contributed by atoms with Gasteiger partial charge in [0.1, 0.15) is 11.4 Å². The van der Waals surface area contributed by atoms with Crippen LogP contribution in [0, 0.1) is 5.92 Å². The number of esters is 1. The molecule has 150 valence electrons. The zero-order chi connectivity index (χ0) is 19.6. The highest BCUT2D eigenvalue weighted by molar-refractivity contribution is 14.1. The standard InChI is InChI=1S/C20H22BrIN2O4/c21-16-3-1-2-4-17(16)28-19(25)18-15(12-23-24-18)14(11-22)13-5-7-20(8-6-13)26-9-10-27-20/h1-4,12-14H,5-11H2,(H,23,24). The molecule has 8 heteroatoms. The van der Waals surface area contributed by atoms with Crippen LogP contribution >= 0.6 is 38.5 Å². The van der Waals surface area contributed by atoms with Gasteiger partial charge in [0.25, 0.3) is 0 Å². The second-order valence-electron chi connectivity index (χ2n) is 7.23. The van der Waals surface area contributed by atoms with E-state index in [1.807, 2.05) is 18.2 Å². The van der Waals surface area contributed by atoms with Crippen LogP contribution in [0.2, 0.25) is 0 Å². The molecule has 2 heterocycles. The van der Waals surface area contributed by atoms with Gasteiger partial charge in [-0.15, -0.1) is 0 Å². The molecule has 1 aromatic carbocycles. The number of nitrogens with zero attached hydrogens (tertiary/aromatic N) is 1. The summed E-state index contributed by atoms with van der Waals surface area (Å²) in [4.78, 5) is 12.8. The number of H-pyrrole nitrogens is 1. The number of carbonyl (C=O) groups is 1. The quantitative estimate of drug-likeness (QED) is 0.245. The van der Waals surface area contributed by atoms with Crippen LogP contribution in [-0.2, 0) is 9.47 Å². The maximum atomic E-state index is 12.8. The zero-order valence-electron chi connectivity index (χ0n) is 15.3. The fourth-order valence-corrected chi connectivity index (χ4v) is 5.71. The largest absolute Gasteiger partial charge is 0.421 e. The Hall–Kier alpha value is -0.970. The van der Waals surface area contributed by atoms with Gasteiger partial charge < -0.3 is 14.2 Å². The van der Waals surface area contributed by atoms with Crippen molar-refractivity contribution in [1.29, 1.82) is 0 Å². The number of alkyl halides is 1. The molecule has 2 aliphatic rings. The lowest BCUT2D eigenvalue weighted by atomic mass is 9.76. The number of rotatable bonds is 5. The van der Waals surface area contributed by atoms with E-state index in [0.717, 1.165) is 40.1 Å². The van der Waals surface area contributed by atoms with Gasteiger partial charge >= 0.3 is 5.97 Å². The van der Waals surface area contributed by atoms with Crippen molar-refractivity contribution in [2.45, 2.75) is 37.4 Å². The fraction of sp³-hybridized carbons (Fsp3) is 0.500. The lowest BCUT2D eigenvalue weighted by Crippen LogP contribution is -2.37. The van der Waals surface area contributed by atoms with Gasteiger partial charge in [0, 0.05) is 22.8 Å². The lowest BCUT2D eigenvalue weighted by Gasteiger charge is -2.38. The molecular formula is C20H22BrIN2O4. The summed E-state index contributed by atoms with van der Waals surface area (Å²) in [5.74, 6) is 0.408. The third-order valence-electron chi connectivity index (χ3n) is 5.65. The predicted octanol–water partition coefficient (Wildman–Crippen LogP) is 4.84. The molecule has 0 radical (unpaired) electrons. The molecule has 2 fully saturated rings. The smallest absolute Gasteiger partial charge is 0.362 e.